The number of hydrogen-bond donors (Lipinski definition) is 1. The van der Waals surface area contributed by atoms with Crippen LogP contribution in [-0.2, 0) is 11.2 Å². The molecule has 0 aromatic heterocycles. The third-order valence-electron chi connectivity index (χ3n) is 3.70. The number of rotatable bonds is 4. The summed E-state index contributed by atoms with van der Waals surface area (Å²) in [6.45, 7) is 4.05. The quantitative estimate of drug-likeness (QED) is 0.919. The van der Waals surface area contributed by atoms with E-state index < -0.39 is 0 Å². The second kappa shape index (κ2) is 7.99. The zero-order valence-corrected chi connectivity index (χ0v) is 13.4. The Balaban J connectivity index is 1.92. The maximum atomic E-state index is 12.4. The molecule has 1 fully saturated rings. The number of halogens is 2. The fourth-order valence-corrected chi connectivity index (χ4v) is 2.84. The van der Waals surface area contributed by atoms with Crippen molar-refractivity contribution in [1.82, 2.24) is 9.80 Å². The Morgan fingerprint density at radius 3 is 2.67 bits per heavy atom. The van der Waals surface area contributed by atoms with E-state index in [1.807, 2.05) is 11.0 Å². The molecule has 0 saturated carbocycles. The smallest absolute Gasteiger partial charge is 0.227 e. The zero-order chi connectivity index (χ0) is 15.2. The number of carbonyl (C=O) groups is 1. The Labute approximate surface area is 135 Å². The van der Waals surface area contributed by atoms with Crippen LogP contribution in [0.2, 0.25) is 10.0 Å². The topological polar surface area (TPSA) is 43.8 Å². The average Bonchev–Trinajstić information content (AvgIpc) is 2.69. The van der Waals surface area contributed by atoms with Crippen molar-refractivity contribution in [3.63, 3.8) is 0 Å². The van der Waals surface area contributed by atoms with Crippen LogP contribution in [0.4, 0.5) is 0 Å². The lowest BCUT2D eigenvalue weighted by atomic mass is 10.1. The fourth-order valence-electron chi connectivity index (χ4n) is 2.52. The Morgan fingerprint density at radius 1 is 1.14 bits per heavy atom. The van der Waals surface area contributed by atoms with Gasteiger partial charge in [0, 0.05) is 26.2 Å². The maximum Gasteiger partial charge on any atom is 0.227 e. The van der Waals surface area contributed by atoms with E-state index >= 15 is 0 Å². The van der Waals surface area contributed by atoms with E-state index in [2.05, 4.69) is 4.90 Å². The van der Waals surface area contributed by atoms with Gasteiger partial charge in [0.05, 0.1) is 23.1 Å². The van der Waals surface area contributed by atoms with E-state index in [9.17, 15) is 4.79 Å². The van der Waals surface area contributed by atoms with Crippen LogP contribution in [0.25, 0.3) is 0 Å². The first kappa shape index (κ1) is 16.6. The summed E-state index contributed by atoms with van der Waals surface area (Å²) in [6.07, 6.45) is 1.28. The molecule has 0 unspecified atom stereocenters. The van der Waals surface area contributed by atoms with Crippen LogP contribution in [0.3, 0.4) is 0 Å². The zero-order valence-electron chi connectivity index (χ0n) is 11.9. The van der Waals surface area contributed by atoms with Crippen molar-refractivity contribution >= 4 is 29.1 Å². The lowest BCUT2D eigenvalue weighted by molar-refractivity contribution is -0.130. The van der Waals surface area contributed by atoms with Gasteiger partial charge >= 0.3 is 0 Å². The van der Waals surface area contributed by atoms with Crippen LogP contribution in [0, 0.1) is 0 Å². The predicted molar refractivity (Wildman–Crippen MR) is 84.9 cm³/mol. The maximum absolute atomic E-state index is 12.4. The molecule has 0 atom stereocenters. The summed E-state index contributed by atoms with van der Waals surface area (Å²) in [7, 11) is 0. The first-order chi connectivity index (χ1) is 10.1. The lowest BCUT2D eigenvalue weighted by Crippen LogP contribution is -2.36. The van der Waals surface area contributed by atoms with Crippen LogP contribution in [-0.4, -0.2) is 60.1 Å². The monoisotopic (exact) mass is 330 g/mol. The van der Waals surface area contributed by atoms with Crippen molar-refractivity contribution in [2.75, 3.05) is 39.3 Å². The molecule has 1 aliphatic rings. The summed E-state index contributed by atoms with van der Waals surface area (Å²) in [5.74, 6) is 0.110. The summed E-state index contributed by atoms with van der Waals surface area (Å²) in [6, 6.07) is 5.30. The SMILES string of the molecule is O=C(Cc1ccc(Cl)c(Cl)c1)N1CCCN(CCO)CC1. The molecule has 116 valence electrons. The summed E-state index contributed by atoms with van der Waals surface area (Å²) in [4.78, 5) is 16.4. The van der Waals surface area contributed by atoms with Gasteiger partial charge in [-0.2, -0.15) is 0 Å². The van der Waals surface area contributed by atoms with E-state index in [1.165, 1.54) is 0 Å². The minimum atomic E-state index is 0.110. The summed E-state index contributed by atoms with van der Waals surface area (Å²) < 4.78 is 0. The number of hydrogen-bond acceptors (Lipinski definition) is 3. The average molecular weight is 331 g/mol. The third kappa shape index (κ3) is 4.85. The van der Waals surface area contributed by atoms with Crippen molar-refractivity contribution in [1.29, 1.82) is 0 Å². The van der Waals surface area contributed by atoms with Gasteiger partial charge in [-0.15, -0.1) is 0 Å². The number of aliphatic hydroxyl groups excluding tert-OH is 1. The van der Waals surface area contributed by atoms with E-state index in [1.54, 1.807) is 12.1 Å². The van der Waals surface area contributed by atoms with Crippen LogP contribution < -0.4 is 0 Å². The van der Waals surface area contributed by atoms with Crippen LogP contribution >= 0.6 is 23.2 Å². The molecule has 21 heavy (non-hydrogen) atoms. The molecular weight excluding hydrogens is 311 g/mol. The highest BCUT2D eigenvalue weighted by molar-refractivity contribution is 6.42. The van der Waals surface area contributed by atoms with Gasteiger partial charge in [-0.3, -0.25) is 9.69 Å². The van der Waals surface area contributed by atoms with Crippen molar-refractivity contribution in [3.05, 3.63) is 33.8 Å². The largest absolute Gasteiger partial charge is 0.395 e. The van der Waals surface area contributed by atoms with Crippen LogP contribution in [0.15, 0.2) is 18.2 Å². The predicted octanol–water partition coefficient (Wildman–Crippen LogP) is 2.06. The Kier molecular flexibility index (Phi) is 6.30. The van der Waals surface area contributed by atoms with Gasteiger partial charge in [-0.05, 0) is 30.7 Å². The molecule has 0 bridgehead atoms. The summed E-state index contributed by atoms with van der Waals surface area (Å²) in [5, 5.41) is 9.96. The second-order valence-corrected chi connectivity index (χ2v) is 6.04. The Hall–Kier alpha value is -0.810. The molecule has 0 aliphatic carbocycles. The highest BCUT2D eigenvalue weighted by Gasteiger charge is 2.19. The lowest BCUT2D eigenvalue weighted by Gasteiger charge is -2.21. The minimum absolute atomic E-state index is 0.110. The summed E-state index contributed by atoms with van der Waals surface area (Å²) in [5.41, 5.74) is 0.880. The van der Waals surface area contributed by atoms with Crippen molar-refractivity contribution < 1.29 is 9.90 Å². The molecule has 1 aliphatic heterocycles. The molecule has 0 radical (unpaired) electrons. The highest BCUT2D eigenvalue weighted by Crippen LogP contribution is 2.23. The van der Waals surface area contributed by atoms with Crippen LogP contribution in [0.5, 0.6) is 0 Å². The number of nitrogens with zero attached hydrogens (tertiary/aromatic N) is 2. The Bertz CT molecular complexity index is 497. The van der Waals surface area contributed by atoms with Gasteiger partial charge in [0.25, 0.3) is 0 Å². The molecule has 2 rings (SSSR count). The molecule has 1 N–H and O–H groups in total. The van der Waals surface area contributed by atoms with E-state index in [0.717, 1.165) is 31.6 Å². The van der Waals surface area contributed by atoms with Gasteiger partial charge in [0.15, 0.2) is 0 Å². The highest BCUT2D eigenvalue weighted by atomic mass is 35.5. The standard InChI is InChI=1S/C15H20Cl2N2O2/c16-13-3-2-12(10-14(13)17)11-15(21)19-5-1-4-18(6-7-19)8-9-20/h2-3,10,20H,1,4-9,11H2. The van der Waals surface area contributed by atoms with Gasteiger partial charge in [-0.25, -0.2) is 0 Å². The van der Waals surface area contributed by atoms with E-state index in [0.29, 0.717) is 29.6 Å². The fraction of sp³-hybridized carbons (Fsp3) is 0.533. The van der Waals surface area contributed by atoms with Crippen molar-refractivity contribution in [3.8, 4) is 0 Å². The molecule has 1 amide bonds. The van der Waals surface area contributed by atoms with Gasteiger partial charge < -0.3 is 10.0 Å². The molecule has 1 aromatic carbocycles. The van der Waals surface area contributed by atoms with Crippen molar-refractivity contribution in [2.45, 2.75) is 12.8 Å². The van der Waals surface area contributed by atoms with E-state index in [-0.39, 0.29) is 12.5 Å². The van der Waals surface area contributed by atoms with Gasteiger partial charge in [0.2, 0.25) is 5.91 Å². The number of aliphatic hydroxyl groups is 1. The molecule has 1 heterocycles. The molecule has 1 aromatic rings. The van der Waals surface area contributed by atoms with Crippen LogP contribution in [0.1, 0.15) is 12.0 Å². The second-order valence-electron chi connectivity index (χ2n) is 5.22. The third-order valence-corrected chi connectivity index (χ3v) is 4.44. The minimum Gasteiger partial charge on any atom is -0.395 e. The molecular formula is C15H20Cl2N2O2. The number of carbonyl (C=O) groups excluding carboxylic acids is 1. The molecule has 0 spiro atoms. The number of amides is 1. The number of benzene rings is 1. The Morgan fingerprint density at radius 2 is 1.95 bits per heavy atom. The van der Waals surface area contributed by atoms with Crippen molar-refractivity contribution in [2.24, 2.45) is 0 Å². The first-order valence-electron chi connectivity index (χ1n) is 7.15. The molecule has 4 nitrogen and oxygen atoms in total. The molecule has 6 heteroatoms. The van der Waals surface area contributed by atoms with Gasteiger partial charge in [-0.1, -0.05) is 29.3 Å². The number of β-amino-alcohol motifs (C(OH)–C–C–N with tert-alkyl or cyclic N) is 1. The normalized spacial score (nSPS) is 16.8. The summed E-state index contributed by atoms with van der Waals surface area (Å²) >= 11 is 11.9. The van der Waals surface area contributed by atoms with Gasteiger partial charge in [0.1, 0.15) is 0 Å². The first-order valence-corrected chi connectivity index (χ1v) is 7.90. The molecule has 1 saturated heterocycles. The van der Waals surface area contributed by atoms with E-state index in [4.69, 9.17) is 28.3 Å².